The van der Waals surface area contributed by atoms with Gasteiger partial charge in [0, 0.05) is 18.8 Å². The van der Waals surface area contributed by atoms with Crippen LogP contribution in [0.5, 0.6) is 5.88 Å². The van der Waals surface area contributed by atoms with Gasteiger partial charge < -0.3 is 10.1 Å². The van der Waals surface area contributed by atoms with Crippen molar-refractivity contribution in [3.05, 3.63) is 47.7 Å². The average molecular weight is 243 g/mol. The zero-order valence-electron chi connectivity index (χ0n) is 10.8. The molecule has 1 unspecified atom stereocenters. The summed E-state index contributed by atoms with van der Waals surface area (Å²) in [4.78, 5) is 8.45. The van der Waals surface area contributed by atoms with Gasteiger partial charge in [0.2, 0.25) is 11.8 Å². The van der Waals surface area contributed by atoms with Gasteiger partial charge in [0.05, 0.1) is 0 Å². The third-order valence-electron chi connectivity index (χ3n) is 2.71. The Morgan fingerprint density at radius 1 is 1.22 bits per heavy atom. The van der Waals surface area contributed by atoms with E-state index in [0.717, 1.165) is 11.1 Å². The van der Waals surface area contributed by atoms with Gasteiger partial charge in [-0.3, -0.25) is 0 Å². The van der Waals surface area contributed by atoms with Gasteiger partial charge in [-0.1, -0.05) is 30.3 Å². The van der Waals surface area contributed by atoms with Crippen LogP contribution in [-0.4, -0.2) is 17.0 Å². The number of benzene rings is 1. The average Bonchev–Trinajstić information content (AvgIpc) is 2.42. The molecule has 0 amide bonds. The topological polar surface area (TPSA) is 47.0 Å². The minimum Gasteiger partial charge on any atom is -0.469 e. The molecule has 2 rings (SSSR count). The first kappa shape index (κ1) is 12.4. The van der Waals surface area contributed by atoms with E-state index in [9.17, 15) is 0 Å². The number of aryl methyl sites for hydroxylation is 1. The Bertz CT molecular complexity index is 514. The molecule has 2 aromatic rings. The molecule has 0 aliphatic heterocycles. The lowest BCUT2D eigenvalue weighted by Gasteiger charge is -2.16. The fourth-order valence-electron chi connectivity index (χ4n) is 1.63. The molecule has 0 aliphatic carbocycles. The fourth-order valence-corrected chi connectivity index (χ4v) is 1.63. The Kier molecular flexibility index (Phi) is 3.77. The Balaban J connectivity index is 2.18. The van der Waals surface area contributed by atoms with Crippen LogP contribution in [0.25, 0.3) is 0 Å². The molecule has 0 aliphatic rings. The van der Waals surface area contributed by atoms with Crippen molar-refractivity contribution in [3.63, 3.8) is 0 Å². The summed E-state index contributed by atoms with van der Waals surface area (Å²) in [6.07, 6.45) is 1.72. The van der Waals surface area contributed by atoms with Gasteiger partial charge in [-0.25, -0.2) is 4.98 Å². The molecule has 0 saturated heterocycles. The number of rotatable bonds is 4. The molecular weight excluding hydrogens is 226 g/mol. The maximum Gasteiger partial charge on any atom is 0.225 e. The van der Waals surface area contributed by atoms with Crippen LogP contribution in [0.4, 0.5) is 5.95 Å². The van der Waals surface area contributed by atoms with E-state index in [1.165, 1.54) is 0 Å². The summed E-state index contributed by atoms with van der Waals surface area (Å²) in [5.41, 5.74) is 2.05. The second-order valence-corrected chi connectivity index (χ2v) is 4.10. The molecule has 1 aromatic carbocycles. The Hall–Kier alpha value is -2.10. The second-order valence-electron chi connectivity index (χ2n) is 4.10. The predicted octanol–water partition coefficient (Wildman–Crippen LogP) is 2.97. The lowest BCUT2D eigenvalue weighted by molar-refractivity contribution is 0.215. The number of anilines is 1. The van der Waals surface area contributed by atoms with E-state index in [1.54, 1.807) is 13.2 Å². The van der Waals surface area contributed by atoms with Gasteiger partial charge in [0.25, 0.3) is 0 Å². The van der Waals surface area contributed by atoms with Crippen molar-refractivity contribution in [2.45, 2.75) is 20.0 Å². The van der Waals surface area contributed by atoms with E-state index < -0.39 is 0 Å². The van der Waals surface area contributed by atoms with Crippen molar-refractivity contribution >= 4 is 5.95 Å². The lowest BCUT2D eigenvalue weighted by Crippen LogP contribution is -2.07. The molecule has 1 heterocycles. The summed E-state index contributed by atoms with van der Waals surface area (Å²) >= 11 is 0. The molecule has 1 atom stereocenters. The van der Waals surface area contributed by atoms with Gasteiger partial charge in [-0.05, 0) is 19.4 Å². The summed E-state index contributed by atoms with van der Waals surface area (Å²) in [5, 5.41) is 2.91. The molecule has 1 aromatic heterocycles. The van der Waals surface area contributed by atoms with E-state index in [-0.39, 0.29) is 6.10 Å². The normalized spacial score (nSPS) is 11.9. The molecule has 94 valence electrons. The van der Waals surface area contributed by atoms with E-state index in [0.29, 0.717) is 11.8 Å². The number of nitrogens with one attached hydrogen (secondary N) is 1. The minimum atomic E-state index is -0.0375. The largest absolute Gasteiger partial charge is 0.469 e. The second kappa shape index (κ2) is 5.49. The van der Waals surface area contributed by atoms with Crippen LogP contribution in [0.15, 0.2) is 36.5 Å². The quantitative estimate of drug-likeness (QED) is 0.896. The number of ether oxygens (including phenoxy) is 1. The number of hydrogen-bond acceptors (Lipinski definition) is 4. The predicted molar refractivity (Wildman–Crippen MR) is 71.8 cm³/mol. The van der Waals surface area contributed by atoms with Gasteiger partial charge in [0.15, 0.2) is 0 Å². The summed E-state index contributed by atoms with van der Waals surface area (Å²) in [6.45, 7) is 3.95. The van der Waals surface area contributed by atoms with Crippen molar-refractivity contribution in [1.82, 2.24) is 9.97 Å². The van der Waals surface area contributed by atoms with E-state index in [2.05, 4.69) is 15.3 Å². The van der Waals surface area contributed by atoms with Crippen LogP contribution in [0, 0.1) is 6.92 Å². The van der Waals surface area contributed by atoms with E-state index in [4.69, 9.17) is 4.74 Å². The summed E-state index contributed by atoms with van der Waals surface area (Å²) in [6, 6.07) is 10.1. The highest BCUT2D eigenvalue weighted by Gasteiger charge is 2.10. The van der Waals surface area contributed by atoms with Gasteiger partial charge in [-0.2, -0.15) is 4.98 Å². The Morgan fingerprint density at radius 2 is 1.94 bits per heavy atom. The molecule has 18 heavy (non-hydrogen) atoms. The molecule has 0 radical (unpaired) electrons. The number of nitrogens with zero attached hydrogens (tertiary/aromatic N) is 2. The van der Waals surface area contributed by atoms with Crippen LogP contribution in [0.1, 0.15) is 24.2 Å². The summed E-state index contributed by atoms with van der Waals surface area (Å²) in [5.74, 6) is 1.18. The number of aromatic nitrogens is 2. The van der Waals surface area contributed by atoms with E-state index >= 15 is 0 Å². The molecular formula is C14H17N3O. The molecule has 0 bridgehead atoms. The fraction of sp³-hybridized carbons (Fsp3) is 0.286. The highest BCUT2D eigenvalue weighted by molar-refractivity contribution is 5.32. The van der Waals surface area contributed by atoms with Crippen LogP contribution in [0.2, 0.25) is 0 Å². The molecule has 1 N–H and O–H groups in total. The van der Waals surface area contributed by atoms with Crippen molar-refractivity contribution < 1.29 is 4.74 Å². The summed E-state index contributed by atoms with van der Waals surface area (Å²) < 4.78 is 5.88. The van der Waals surface area contributed by atoms with Crippen LogP contribution in [-0.2, 0) is 0 Å². The minimum absolute atomic E-state index is 0.0375. The lowest BCUT2D eigenvalue weighted by atomic mass is 10.1. The first-order chi connectivity index (χ1) is 8.70. The van der Waals surface area contributed by atoms with Crippen LogP contribution in [0.3, 0.4) is 0 Å². The molecule has 0 saturated carbocycles. The first-order valence-corrected chi connectivity index (χ1v) is 5.93. The monoisotopic (exact) mass is 243 g/mol. The highest BCUT2D eigenvalue weighted by atomic mass is 16.5. The molecule has 0 spiro atoms. The van der Waals surface area contributed by atoms with Gasteiger partial charge in [-0.15, -0.1) is 0 Å². The number of hydrogen-bond donors (Lipinski definition) is 1. The third kappa shape index (κ3) is 2.77. The summed E-state index contributed by atoms with van der Waals surface area (Å²) in [7, 11) is 1.79. The Labute approximate surface area is 107 Å². The van der Waals surface area contributed by atoms with Gasteiger partial charge in [0.1, 0.15) is 6.10 Å². The highest BCUT2D eigenvalue weighted by Crippen LogP contribution is 2.23. The first-order valence-electron chi connectivity index (χ1n) is 5.93. The molecule has 4 heteroatoms. The zero-order chi connectivity index (χ0) is 13.0. The van der Waals surface area contributed by atoms with Crippen LogP contribution >= 0.6 is 0 Å². The Morgan fingerprint density at radius 3 is 2.61 bits per heavy atom. The van der Waals surface area contributed by atoms with Crippen molar-refractivity contribution in [2.24, 2.45) is 0 Å². The van der Waals surface area contributed by atoms with Gasteiger partial charge >= 0.3 is 0 Å². The van der Waals surface area contributed by atoms with E-state index in [1.807, 2.05) is 44.2 Å². The molecule has 4 nitrogen and oxygen atoms in total. The maximum atomic E-state index is 5.88. The smallest absolute Gasteiger partial charge is 0.225 e. The maximum absolute atomic E-state index is 5.88. The van der Waals surface area contributed by atoms with Crippen molar-refractivity contribution in [2.75, 3.05) is 12.4 Å². The van der Waals surface area contributed by atoms with Crippen molar-refractivity contribution in [3.8, 4) is 5.88 Å². The standard InChI is InChI=1S/C14H17N3O/c1-10-9-16-14(15-3)17-13(10)18-11(2)12-7-5-4-6-8-12/h4-9,11H,1-3H3,(H,15,16,17). The SMILES string of the molecule is CNc1ncc(C)c(OC(C)c2ccccc2)n1. The molecule has 0 fully saturated rings. The van der Waals surface area contributed by atoms with Crippen molar-refractivity contribution in [1.29, 1.82) is 0 Å². The third-order valence-corrected chi connectivity index (χ3v) is 2.71. The van der Waals surface area contributed by atoms with Crippen LogP contribution < -0.4 is 10.1 Å². The zero-order valence-corrected chi connectivity index (χ0v) is 10.8.